The summed E-state index contributed by atoms with van der Waals surface area (Å²) in [5.41, 5.74) is 0.173. The van der Waals surface area contributed by atoms with E-state index in [4.69, 9.17) is 9.84 Å². The van der Waals surface area contributed by atoms with E-state index >= 15 is 0 Å². The van der Waals surface area contributed by atoms with E-state index in [9.17, 15) is 18.0 Å². The summed E-state index contributed by atoms with van der Waals surface area (Å²) in [6, 6.07) is 8.52. The van der Waals surface area contributed by atoms with Gasteiger partial charge in [-0.3, -0.25) is 4.90 Å². The summed E-state index contributed by atoms with van der Waals surface area (Å²) < 4.78 is 48.4. The number of hydrogen-bond donors (Lipinski definition) is 1. The van der Waals surface area contributed by atoms with Crippen molar-refractivity contribution in [2.75, 3.05) is 6.54 Å². The van der Waals surface area contributed by atoms with Crippen molar-refractivity contribution < 1.29 is 27.8 Å². The van der Waals surface area contributed by atoms with Crippen LogP contribution in [0.25, 0.3) is 5.69 Å². The minimum atomic E-state index is -4.66. The maximum atomic E-state index is 13.5. The highest BCUT2D eigenvalue weighted by atomic mass is 19.4. The molecular formula is C17H15F3N2O3. The minimum absolute atomic E-state index is 0.157. The van der Waals surface area contributed by atoms with Crippen molar-refractivity contribution in [3.8, 4) is 11.4 Å². The maximum absolute atomic E-state index is 13.5. The molecule has 25 heavy (non-hydrogen) atoms. The van der Waals surface area contributed by atoms with Crippen LogP contribution in [0, 0.1) is 0 Å². The van der Waals surface area contributed by atoms with Crippen molar-refractivity contribution in [1.82, 2.24) is 9.47 Å². The number of piperidine rings is 1. The Morgan fingerprint density at radius 2 is 2.00 bits per heavy atom. The highest BCUT2D eigenvalue weighted by molar-refractivity contribution is 5.66. The number of halogens is 3. The Labute approximate surface area is 141 Å². The number of carbonyl (C=O) groups is 1. The van der Waals surface area contributed by atoms with Gasteiger partial charge in [0.25, 0.3) is 0 Å². The Balaban J connectivity index is 1.80. The first-order valence-corrected chi connectivity index (χ1v) is 7.84. The van der Waals surface area contributed by atoms with Gasteiger partial charge in [0.1, 0.15) is 11.8 Å². The molecule has 2 atom stereocenters. The predicted molar refractivity (Wildman–Crippen MR) is 81.9 cm³/mol. The van der Waals surface area contributed by atoms with Crippen LogP contribution in [0.15, 0.2) is 42.6 Å². The molecule has 1 saturated heterocycles. The van der Waals surface area contributed by atoms with E-state index in [1.54, 1.807) is 30.5 Å². The Morgan fingerprint density at radius 1 is 1.24 bits per heavy atom. The third-order valence-electron chi connectivity index (χ3n) is 4.93. The second kappa shape index (κ2) is 5.18. The van der Waals surface area contributed by atoms with Crippen molar-refractivity contribution in [3.05, 3.63) is 48.3 Å². The monoisotopic (exact) mass is 352 g/mol. The molecule has 2 aromatic rings. The molecule has 0 bridgehead atoms. The fraction of sp³-hybridized carbons (Fsp3) is 0.353. The van der Waals surface area contributed by atoms with Crippen LogP contribution in [0.2, 0.25) is 0 Å². The molecule has 8 heteroatoms. The third-order valence-corrected chi connectivity index (χ3v) is 4.93. The topological polar surface area (TPSA) is 54.7 Å². The van der Waals surface area contributed by atoms with E-state index in [1.807, 2.05) is 16.7 Å². The van der Waals surface area contributed by atoms with E-state index in [0.717, 1.165) is 5.69 Å². The van der Waals surface area contributed by atoms with Crippen molar-refractivity contribution in [3.63, 3.8) is 0 Å². The second-order valence-electron chi connectivity index (χ2n) is 6.32. The third kappa shape index (κ3) is 2.35. The number of fused-ring (bicyclic) bond motifs is 4. The zero-order valence-electron chi connectivity index (χ0n) is 13.0. The average molecular weight is 352 g/mol. The van der Waals surface area contributed by atoms with E-state index in [2.05, 4.69) is 0 Å². The fourth-order valence-corrected chi connectivity index (χ4v) is 3.80. The molecule has 132 valence electrons. The Morgan fingerprint density at radius 3 is 2.72 bits per heavy atom. The van der Waals surface area contributed by atoms with Crippen LogP contribution in [0.5, 0.6) is 5.75 Å². The zero-order chi connectivity index (χ0) is 17.8. The van der Waals surface area contributed by atoms with Crippen molar-refractivity contribution in [2.24, 2.45) is 0 Å². The average Bonchev–Trinajstić information content (AvgIpc) is 3.05. The lowest BCUT2D eigenvalue weighted by Gasteiger charge is -2.48. The summed E-state index contributed by atoms with van der Waals surface area (Å²) in [5.74, 6) is 0.496. The Hall–Kier alpha value is -2.64. The van der Waals surface area contributed by atoms with Crippen molar-refractivity contribution >= 4 is 6.09 Å². The van der Waals surface area contributed by atoms with Gasteiger partial charge in [0, 0.05) is 25.6 Å². The maximum Gasteiger partial charge on any atom is 0.409 e. The van der Waals surface area contributed by atoms with Gasteiger partial charge < -0.3 is 14.4 Å². The first kappa shape index (κ1) is 15.9. The van der Waals surface area contributed by atoms with Gasteiger partial charge >= 0.3 is 12.3 Å². The van der Waals surface area contributed by atoms with E-state index < -0.39 is 30.3 Å². The molecule has 3 heterocycles. The summed E-state index contributed by atoms with van der Waals surface area (Å²) in [5, 5.41) is 9.15. The molecule has 1 fully saturated rings. The van der Waals surface area contributed by atoms with E-state index in [1.165, 1.54) is 0 Å². The molecule has 2 unspecified atom stereocenters. The fourth-order valence-electron chi connectivity index (χ4n) is 3.80. The smallest absolute Gasteiger partial charge is 0.409 e. The van der Waals surface area contributed by atoms with Crippen LogP contribution in [0.1, 0.15) is 18.5 Å². The summed E-state index contributed by atoms with van der Waals surface area (Å²) >= 11 is 0. The summed E-state index contributed by atoms with van der Waals surface area (Å²) in [7, 11) is 0. The largest absolute Gasteiger partial charge is 0.479 e. The molecule has 2 aliphatic heterocycles. The molecule has 0 saturated carbocycles. The van der Waals surface area contributed by atoms with Crippen LogP contribution >= 0.6 is 0 Å². The van der Waals surface area contributed by atoms with Gasteiger partial charge in [-0.25, -0.2) is 4.79 Å². The van der Waals surface area contributed by atoms with Gasteiger partial charge in [0.05, 0.1) is 11.4 Å². The van der Waals surface area contributed by atoms with Crippen molar-refractivity contribution in [1.29, 1.82) is 0 Å². The highest BCUT2D eigenvalue weighted by Crippen LogP contribution is 2.48. The molecule has 1 amide bonds. The normalized spacial score (nSPS) is 25.2. The standard InChI is InChI=1S/C17H15F3N2O3/c18-17(19,20)14-10-16(7-9-22(14)15(23)24)13-6-3-8-21(13)11-4-1-2-5-12(11)25-16/h1-6,8,14H,7,9-10H2,(H,23,24). The lowest BCUT2D eigenvalue weighted by atomic mass is 9.82. The summed E-state index contributed by atoms with van der Waals surface area (Å²) in [4.78, 5) is 11.7. The number of alkyl halides is 3. The molecule has 1 spiro atoms. The predicted octanol–water partition coefficient (Wildman–Crippen LogP) is 3.77. The minimum Gasteiger partial charge on any atom is -0.479 e. The van der Waals surface area contributed by atoms with Crippen LogP contribution in [-0.2, 0) is 5.60 Å². The lowest BCUT2D eigenvalue weighted by Crippen LogP contribution is -2.59. The highest BCUT2D eigenvalue weighted by Gasteiger charge is 2.56. The van der Waals surface area contributed by atoms with Gasteiger partial charge in [-0.1, -0.05) is 12.1 Å². The number of hydrogen-bond acceptors (Lipinski definition) is 2. The molecule has 5 nitrogen and oxygen atoms in total. The molecule has 2 aliphatic rings. The van der Waals surface area contributed by atoms with Gasteiger partial charge in [0.2, 0.25) is 0 Å². The van der Waals surface area contributed by atoms with Gasteiger partial charge in [-0.2, -0.15) is 13.2 Å². The number of rotatable bonds is 0. The molecule has 1 N–H and O–H groups in total. The number of benzene rings is 1. The van der Waals surface area contributed by atoms with Gasteiger partial charge in [-0.05, 0) is 24.3 Å². The number of amides is 1. The Kier molecular flexibility index (Phi) is 3.28. The van der Waals surface area contributed by atoms with Crippen LogP contribution in [0.4, 0.5) is 18.0 Å². The van der Waals surface area contributed by atoms with Crippen molar-refractivity contribution in [2.45, 2.75) is 30.7 Å². The number of aromatic nitrogens is 1. The molecular weight excluding hydrogens is 337 g/mol. The number of nitrogens with zero attached hydrogens (tertiary/aromatic N) is 2. The van der Waals surface area contributed by atoms with Gasteiger partial charge in [0.15, 0.2) is 5.60 Å². The molecule has 1 aromatic carbocycles. The SMILES string of the molecule is O=C(O)N1CCC2(CC1C(F)(F)F)Oc1ccccc1-n1cccc12. The number of ether oxygens (including phenoxy) is 1. The Bertz CT molecular complexity index is 833. The van der Waals surface area contributed by atoms with Crippen LogP contribution in [-0.4, -0.2) is 39.4 Å². The molecule has 0 aliphatic carbocycles. The summed E-state index contributed by atoms with van der Waals surface area (Å²) in [6.45, 7) is -0.243. The van der Waals surface area contributed by atoms with Crippen LogP contribution in [0.3, 0.4) is 0 Å². The quantitative estimate of drug-likeness (QED) is 0.785. The molecule has 0 radical (unpaired) electrons. The number of carboxylic acid groups (broad SMARTS) is 1. The molecule has 1 aromatic heterocycles. The first-order chi connectivity index (χ1) is 11.8. The number of para-hydroxylation sites is 2. The van der Waals surface area contributed by atoms with Gasteiger partial charge in [-0.15, -0.1) is 0 Å². The van der Waals surface area contributed by atoms with Crippen LogP contribution < -0.4 is 4.74 Å². The van der Waals surface area contributed by atoms with E-state index in [0.29, 0.717) is 16.3 Å². The first-order valence-electron chi connectivity index (χ1n) is 7.84. The lowest BCUT2D eigenvalue weighted by molar-refractivity contribution is -0.204. The second-order valence-corrected chi connectivity index (χ2v) is 6.32. The summed E-state index contributed by atoms with van der Waals surface area (Å²) in [6.07, 6.45) is -4.76. The van der Waals surface area contributed by atoms with E-state index in [-0.39, 0.29) is 13.0 Å². The number of likely N-dealkylation sites (tertiary alicyclic amines) is 1. The molecule has 4 rings (SSSR count). The zero-order valence-corrected chi connectivity index (χ0v) is 13.0.